The van der Waals surface area contributed by atoms with Gasteiger partial charge in [0.1, 0.15) is 5.52 Å². The lowest BCUT2D eigenvalue weighted by molar-refractivity contribution is 0.283. The summed E-state index contributed by atoms with van der Waals surface area (Å²) in [5.41, 5.74) is 2.47. The molecule has 0 aliphatic rings. The number of hydrogen-bond donors (Lipinski definition) is 1. The van der Waals surface area contributed by atoms with Crippen molar-refractivity contribution in [1.29, 1.82) is 0 Å². The number of fused-ring (bicyclic) bond motifs is 1. The van der Waals surface area contributed by atoms with Crippen molar-refractivity contribution in [2.45, 2.75) is 6.61 Å². The summed E-state index contributed by atoms with van der Waals surface area (Å²) in [6.07, 6.45) is 3.29. The molecule has 2 rings (SSSR count). The zero-order valence-corrected chi connectivity index (χ0v) is 8.89. The summed E-state index contributed by atoms with van der Waals surface area (Å²) in [6.45, 7) is 0.00606. The van der Waals surface area contributed by atoms with Crippen molar-refractivity contribution in [3.8, 4) is 0 Å². The SMILES string of the molecule is OCc1ccc(I)c2nccnc12. The Bertz CT molecular complexity index is 445. The molecule has 0 amide bonds. The van der Waals surface area contributed by atoms with Gasteiger partial charge in [0.15, 0.2) is 0 Å². The van der Waals surface area contributed by atoms with Crippen LogP contribution in [0.5, 0.6) is 0 Å². The van der Waals surface area contributed by atoms with E-state index in [2.05, 4.69) is 32.6 Å². The molecular weight excluding hydrogens is 279 g/mol. The number of halogens is 1. The first kappa shape index (κ1) is 8.83. The smallest absolute Gasteiger partial charge is 0.102 e. The van der Waals surface area contributed by atoms with Crippen molar-refractivity contribution in [2.75, 3.05) is 0 Å². The summed E-state index contributed by atoms with van der Waals surface area (Å²) in [7, 11) is 0. The van der Waals surface area contributed by atoms with Gasteiger partial charge in [-0.3, -0.25) is 9.97 Å². The zero-order valence-electron chi connectivity index (χ0n) is 6.74. The van der Waals surface area contributed by atoms with Crippen LogP contribution >= 0.6 is 22.6 Å². The van der Waals surface area contributed by atoms with Gasteiger partial charge in [-0.15, -0.1) is 0 Å². The van der Waals surface area contributed by atoms with Gasteiger partial charge >= 0.3 is 0 Å². The molecule has 4 heteroatoms. The van der Waals surface area contributed by atoms with E-state index < -0.39 is 0 Å². The Morgan fingerprint density at radius 2 is 1.85 bits per heavy atom. The van der Waals surface area contributed by atoms with E-state index >= 15 is 0 Å². The third-order valence-electron chi connectivity index (χ3n) is 1.83. The molecule has 0 saturated heterocycles. The van der Waals surface area contributed by atoms with Gasteiger partial charge in [0.2, 0.25) is 0 Å². The van der Waals surface area contributed by atoms with Crippen LogP contribution < -0.4 is 0 Å². The molecule has 1 N–H and O–H groups in total. The van der Waals surface area contributed by atoms with Crippen LogP contribution in [0, 0.1) is 3.57 Å². The van der Waals surface area contributed by atoms with Gasteiger partial charge in [0, 0.05) is 21.5 Å². The molecule has 13 heavy (non-hydrogen) atoms. The van der Waals surface area contributed by atoms with Crippen molar-refractivity contribution in [3.63, 3.8) is 0 Å². The van der Waals surface area contributed by atoms with Crippen molar-refractivity contribution in [3.05, 3.63) is 33.7 Å². The van der Waals surface area contributed by atoms with Crippen LogP contribution in [0.25, 0.3) is 11.0 Å². The van der Waals surface area contributed by atoms with E-state index in [0.717, 1.165) is 20.2 Å². The minimum Gasteiger partial charge on any atom is -0.392 e. The van der Waals surface area contributed by atoms with Crippen LogP contribution in [-0.4, -0.2) is 15.1 Å². The molecule has 0 aliphatic heterocycles. The van der Waals surface area contributed by atoms with E-state index in [9.17, 15) is 0 Å². The highest BCUT2D eigenvalue weighted by Gasteiger charge is 2.04. The number of aliphatic hydroxyl groups excluding tert-OH is 1. The van der Waals surface area contributed by atoms with Crippen molar-refractivity contribution in [1.82, 2.24) is 9.97 Å². The summed E-state index contributed by atoms with van der Waals surface area (Å²) >= 11 is 2.21. The van der Waals surface area contributed by atoms with E-state index in [1.54, 1.807) is 12.4 Å². The molecule has 0 spiro atoms. The highest BCUT2D eigenvalue weighted by atomic mass is 127. The second kappa shape index (κ2) is 3.55. The Balaban J connectivity index is 2.84. The number of benzene rings is 1. The molecule has 0 saturated carbocycles. The van der Waals surface area contributed by atoms with E-state index in [0.29, 0.717) is 0 Å². The van der Waals surface area contributed by atoms with Crippen LogP contribution in [0.1, 0.15) is 5.56 Å². The van der Waals surface area contributed by atoms with Gasteiger partial charge in [-0.1, -0.05) is 6.07 Å². The highest BCUT2D eigenvalue weighted by molar-refractivity contribution is 14.1. The van der Waals surface area contributed by atoms with E-state index in [4.69, 9.17) is 5.11 Å². The third kappa shape index (κ3) is 1.51. The van der Waals surface area contributed by atoms with Crippen LogP contribution in [0.3, 0.4) is 0 Å². The number of hydrogen-bond acceptors (Lipinski definition) is 3. The Morgan fingerprint density at radius 3 is 2.54 bits per heavy atom. The molecule has 66 valence electrons. The largest absolute Gasteiger partial charge is 0.392 e. The Kier molecular flexibility index (Phi) is 2.41. The lowest BCUT2D eigenvalue weighted by Crippen LogP contribution is -1.92. The summed E-state index contributed by atoms with van der Waals surface area (Å²) in [4.78, 5) is 8.39. The molecule has 1 aromatic carbocycles. The predicted molar refractivity (Wildman–Crippen MR) is 58.2 cm³/mol. The maximum Gasteiger partial charge on any atom is 0.102 e. The molecule has 0 radical (unpaired) electrons. The first-order valence-electron chi connectivity index (χ1n) is 3.82. The van der Waals surface area contributed by atoms with Gasteiger partial charge < -0.3 is 5.11 Å². The number of aromatic nitrogens is 2. The average molecular weight is 286 g/mol. The fourth-order valence-corrected chi connectivity index (χ4v) is 1.78. The summed E-state index contributed by atoms with van der Waals surface area (Å²) in [6, 6.07) is 3.81. The Hall–Kier alpha value is -0.750. The van der Waals surface area contributed by atoms with Crippen LogP contribution in [0.15, 0.2) is 24.5 Å². The molecule has 0 atom stereocenters. The molecule has 1 heterocycles. The molecule has 0 unspecified atom stereocenters. The standard InChI is InChI=1S/C9H7IN2O/c10-7-2-1-6(5-13)8-9(7)12-4-3-11-8/h1-4,13H,5H2. The van der Waals surface area contributed by atoms with Gasteiger partial charge in [0.25, 0.3) is 0 Å². The second-order valence-corrected chi connectivity index (χ2v) is 3.78. The second-order valence-electron chi connectivity index (χ2n) is 2.62. The zero-order chi connectivity index (χ0) is 9.26. The van der Waals surface area contributed by atoms with Gasteiger partial charge in [0.05, 0.1) is 12.1 Å². The van der Waals surface area contributed by atoms with Gasteiger partial charge in [-0.2, -0.15) is 0 Å². The normalized spacial score (nSPS) is 10.6. The summed E-state index contributed by atoms with van der Waals surface area (Å²) in [5, 5.41) is 9.06. The van der Waals surface area contributed by atoms with E-state index in [1.165, 1.54) is 0 Å². The molecule has 0 aliphatic carbocycles. The fourth-order valence-electron chi connectivity index (χ4n) is 1.21. The molecular formula is C9H7IN2O. The van der Waals surface area contributed by atoms with E-state index in [-0.39, 0.29) is 6.61 Å². The monoisotopic (exact) mass is 286 g/mol. The first-order valence-corrected chi connectivity index (χ1v) is 4.90. The topological polar surface area (TPSA) is 46.0 Å². The molecule has 1 aromatic heterocycles. The Labute approximate surface area is 89.0 Å². The molecule has 2 aromatic rings. The van der Waals surface area contributed by atoms with Crippen molar-refractivity contribution >= 4 is 33.6 Å². The average Bonchev–Trinajstić information content (AvgIpc) is 2.19. The maximum absolute atomic E-state index is 9.06. The quantitative estimate of drug-likeness (QED) is 0.812. The molecule has 0 bridgehead atoms. The van der Waals surface area contributed by atoms with Gasteiger partial charge in [-0.05, 0) is 28.7 Å². The van der Waals surface area contributed by atoms with Crippen LogP contribution in [0.2, 0.25) is 0 Å². The minimum atomic E-state index is 0.00606. The van der Waals surface area contributed by atoms with Crippen LogP contribution in [0.4, 0.5) is 0 Å². The van der Waals surface area contributed by atoms with Crippen molar-refractivity contribution in [2.24, 2.45) is 0 Å². The number of nitrogens with zero attached hydrogens (tertiary/aromatic N) is 2. The summed E-state index contributed by atoms with van der Waals surface area (Å²) in [5.74, 6) is 0. The minimum absolute atomic E-state index is 0.00606. The lowest BCUT2D eigenvalue weighted by Gasteiger charge is -2.02. The third-order valence-corrected chi connectivity index (χ3v) is 2.70. The number of rotatable bonds is 1. The summed E-state index contributed by atoms with van der Waals surface area (Å²) < 4.78 is 1.05. The lowest BCUT2D eigenvalue weighted by atomic mass is 10.2. The molecule has 3 nitrogen and oxygen atoms in total. The fraction of sp³-hybridized carbons (Fsp3) is 0.111. The first-order chi connectivity index (χ1) is 6.33. The highest BCUT2D eigenvalue weighted by Crippen LogP contribution is 2.19. The number of aliphatic hydroxyl groups is 1. The van der Waals surface area contributed by atoms with Gasteiger partial charge in [-0.25, -0.2) is 0 Å². The van der Waals surface area contributed by atoms with E-state index in [1.807, 2.05) is 12.1 Å². The predicted octanol–water partition coefficient (Wildman–Crippen LogP) is 1.73. The Morgan fingerprint density at radius 1 is 1.15 bits per heavy atom. The van der Waals surface area contributed by atoms with Crippen molar-refractivity contribution < 1.29 is 5.11 Å². The van der Waals surface area contributed by atoms with Crippen LogP contribution in [-0.2, 0) is 6.61 Å². The molecule has 0 fully saturated rings. The maximum atomic E-state index is 9.06.